The van der Waals surface area contributed by atoms with Gasteiger partial charge in [-0.15, -0.1) is 0 Å². The van der Waals surface area contributed by atoms with Crippen molar-refractivity contribution in [2.75, 3.05) is 11.6 Å². The number of anilines is 1. The molecular weight excluding hydrogens is 228 g/mol. The molecule has 1 unspecified atom stereocenters. The van der Waals surface area contributed by atoms with Crippen molar-refractivity contribution in [2.24, 2.45) is 0 Å². The van der Waals surface area contributed by atoms with Crippen LogP contribution >= 0.6 is 0 Å². The number of carbonyl (C=O) groups excluding carboxylic acids is 1. The second kappa shape index (κ2) is 5.29. The van der Waals surface area contributed by atoms with Crippen LogP contribution in [0.3, 0.4) is 0 Å². The first kappa shape index (κ1) is 12.7. The highest BCUT2D eigenvalue weighted by atomic mass is 16.6. The molecule has 1 amide bonds. The molecule has 1 aromatic rings. The zero-order valence-electron chi connectivity index (χ0n) is 11.0. The van der Waals surface area contributed by atoms with Crippen LogP contribution < -0.4 is 10.4 Å². The van der Waals surface area contributed by atoms with Crippen molar-refractivity contribution >= 4 is 11.8 Å². The van der Waals surface area contributed by atoms with Crippen LogP contribution in [0.4, 0.5) is 10.5 Å². The molecule has 0 bridgehead atoms. The molecule has 0 radical (unpaired) electrons. The van der Waals surface area contributed by atoms with Crippen LogP contribution in [-0.4, -0.2) is 18.2 Å². The number of hydrogen-bond donors (Lipinski definition) is 1. The molecule has 1 N–H and O–H groups in total. The Morgan fingerprint density at radius 2 is 2.11 bits per heavy atom. The van der Waals surface area contributed by atoms with E-state index >= 15 is 0 Å². The number of unbranched alkanes of at least 4 members (excludes halogenated alkanes) is 1. The number of rotatable bonds is 4. The zero-order chi connectivity index (χ0) is 13.0. The van der Waals surface area contributed by atoms with Crippen molar-refractivity contribution in [3.63, 3.8) is 0 Å². The highest BCUT2D eigenvalue weighted by Gasteiger charge is 2.36. The van der Waals surface area contributed by atoms with Gasteiger partial charge in [0, 0.05) is 0 Å². The number of ether oxygens (including phenoxy) is 1. The Hall–Kier alpha value is -1.71. The average Bonchev–Trinajstić information content (AvgIpc) is 2.36. The van der Waals surface area contributed by atoms with Crippen molar-refractivity contribution in [3.8, 4) is 0 Å². The summed E-state index contributed by atoms with van der Waals surface area (Å²) in [7, 11) is 0. The molecule has 1 atom stereocenters. The van der Waals surface area contributed by atoms with E-state index in [0.717, 1.165) is 24.9 Å². The van der Waals surface area contributed by atoms with Gasteiger partial charge in [0.15, 0.2) is 0 Å². The molecule has 1 aromatic carbocycles. The predicted octanol–water partition coefficient (Wildman–Crippen LogP) is 3.10. The van der Waals surface area contributed by atoms with E-state index in [1.165, 1.54) is 0 Å². The highest BCUT2D eigenvalue weighted by molar-refractivity contribution is 5.72. The topological polar surface area (TPSA) is 41.6 Å². The summed E-state index contributed by atoms with van der Waals surface area (Å²) in [5, 5.41) is 1.86. The molecule has 1 saturated heterocycles. The largest absolute Gasteiger partial charge is 0.440 e. The Morgan fingerprint density at radius 1 is 1.39 bits per heavy atom. The minimum absolute atomic E-state index is 0.372. The molecule has 1 aliphatic rings. The smallest absolute Gasteiger partial charge is 0.426 e. The van der Waals surface area contributed by atoms with Gasteiger partial charge in [-0.1, -0.05) is 31.5 Å². The Labute approximate surface area is 108 Å². The summed E-state index contributed by atoms with van der Waals surface area (Å²) in [6, 6.07) is 9.83. The van der Waals surface area contributed by atoms with E-state index in [9.17, 15) is 4.79 Å². The number of benzene rings is 1. The van der Waals surface area contributed by atoms with E-state index in [2.05, 4.69) is 12.3 Å². The Bertz CT molecular complexity index is 408. The fraction of sp³-hybridized carbons (Fsp3) is 0.500. The minimum Gasteiger partial charge on any atom is -0.440 e. The lowest BCUT2D eigenvalue weighted by Gasteiger charge is -2.41. The van der Waals surface area contributed by atoms with E-state index < -0.39 is 5.60 Å². The second-order valence-electron chi connectivity index (χ2n) is 4.98. The molecule has 0 aromatic heterocycles. The van der Waals surface area contributed by atoms with Gasteiger partial charge in [0.1, 0.15) is 5.60 Å². The molecule has 0 aliphatic carbocycles. The molecule has 4 heteroatoms. The highest BCUT2D eigenvalue weighted by Crippen LogP contribution is 2.26. The number of cyclic esters (lactones) is 1. The molecule has 1 aliphatic heterocycles. The maximum Gasteiger partial charge on any atom is 0.426 e. The fourth-order valence-electron chi connectivity index (χ4n) is 2.21. The summed E-state index contributed by atoms with van der Waals surface area (Å²) in [4.78, 5) is 11.7. The van der Waals surface area contributed by atoms with Crippen LogP contribution in [0.5, 0.6) is 0 Å². The molecule has 18 heavy (non-hydrogen) atoms. The van der Waals surface area contributed by atoms with Crippen LogP contribution in [0.25, 0.3) is 0 Å². The lowest BCUT2D eigenvalue weighted by Crippen LogP contribution is -2.59. The van der Waals surface area contributed by atoms with Gasteiger partial charge in [-0.2, -0.15) is 0 Å². The molecule has 0 saturated carbocycles. The molecule has 1 heterocycles. The Balaban J connectivity index is 2.11. The van der Waals surface area contributed by atoms with Crippen LogP contribution in [0.2, 0.25) is 0 Å². The SMILES string of the molecule is CCCCC1(C)CN(c2ccccc2)NC(=O)O1. The summed E-state index contributed by atoms with van der Waals surface area (Å²) in [6.45, 7) is 4.81. The standard InChI is InChI=1S/C14H20N2O2/c1-3-4-10-14(2)11-16(15-13(17)18-14)12-8-6-5-7-9-12/h5-9H,3-4,10-11H2,1-2H3,(H,15,17). The third-order valence-corrected chi connectivity index (χ3v) is 3.18. The molecule has 98 valence electrons. The van der Waals surface area contributed by atoms with Gasteiger partial charge < -0.3 is 4.74 Å². The molecule has 4 nitrogen and oxygen atoms in total. The maximum absolute atomic E-state index is 11.7. The van der Waals surface area contributed by atoms with Gasteiger partial charge in [-0.05, 0) is 31.9 Å². The Morgan fingerprint density at radius 3 is 2.78 bits per heavy atom. The van der Waals surface area contributed by atoms with Crippen molar-refractivity contribution in [1.29, 1.82) is 0 Å². The van der Waals surface area contributed by atoms with Crippen molar-refractivity contribution in [3.05, 3.63) is 30.3 Å². The summed E-state index contributed by atoms with van der Waals surface area (Å²) in [5.41, 5.74) is 3.31. The first-order valence-electron chi connectivity index (χ1n) is 6.45. The summed E-state index contributed by atoms with van der Waals surface area (Å²) in [6.07, 6.45) is 2.68. The lowest BCUT2D eigenvalue weighted by atomic mass is 9.98. The molecule has 2 rings (SSSR count). The number of carbonyl (C=O) groups is 1. The lowest BCUT2D eigenvalue weighted by molar-refractivity contribution is 0.00260. The van der Waals surface area contributed by atoms with E-state index in [0.29, 0.717) is 6.54 Å². The number of para-hydroxylation sites is 1. The first-order valence-corrected chi connectivity index (χ1v) is 6.45. The number of hydrogen-bond acceptors (Lipinski definition) is 3. The molecular formula is C14H20N2O2. The van der Waals surface area contributed by atoms with E-state index in [1.54, 1.807) is 0 Å². The second-order valence-corrected chi connectivity index (χ2v) is 4.98. The van der Waals surface area contributed by atoms with Crippen LogP contribution in [0, 0.1) is 0 Å². The minimum atomic E-state index is -0.409. The van der Waals surface area contributed by atoms with Crippen LogP contribution in [0.15, 0.2) is 30.3 Å². The summed E-state index contributed by atoms with van der Waals surface area (Å²) < 4.78 is 5.44. The van der Waals surface area contributed by atoms with Gasteiger partial charge >= 0.3 is 6.09 Å². The van der Waals surface area contributed by atoms with Crippen molar-refractivity contribution in [2.45, 2.75) is 38.7 Å². The number of nitrogens with zero attached hydrogens (tertiary/aromatic N) is 1. The maximum atomic E-state index is 11.7. The summed E-state index contributed by atoms with van der Waals surface area (Å²) >= 11 is 0. The van der Waals surface area contributed by atoms with Crippen molar-refractivity contribution in [1.82, 2.24) is 5.43 Å². The monoisotopic (exact) mass is 248 g/mol. The Kier molecular flexibility index (Phi) is 3.75. The van der Waals surface area contributed by atoms with Gasteiger partial charge in [-0.25, -0.2) is 10.2 Å². The number of amides is 1. The van der Waals surface area contributed by atoms with E-state index in [4.69, 9.17) is 4.74 Å². The molecule has 0 spiro atoms. The van der Waals surface area contributed by atoms with Crippen LogP contribution in [0.1, 0.15) is 33.1 Å². The third-order valence-electron chi connectivity index (χ3n) is 3.18. The van der Waals surface area contributed by atoms with E-state index in [1.807, 2.05) is 42.3 Å². The van der Waals surface area contributed by atoms with Crippen LogP contribution in [-0.2, 0) is 4.74 Å². The van der Waals surface area contributed by atoms with Gasteiger partial charge in [0.2, 0.25) is 0 Å². The quantitative estimate of drug-likeness (QED) is 0.890. The van der Waals surface area contributed by atoms with Crippen molar-refractivity contribution < 1.29 is 9.53 Å². The number of hydrazine groups is 1. The normalized spacial score (nSPS) is 23.4. The van der Waals surface area contributed by atoms with E-state index in [-0.39, 0.29) is 6.09 Å². The summed E-state index contributed by atoms with van der Waals surface area (Å²) in [5.74, 6) is 0. The third kappa shape index (κ3) is 2.94. The zero-order valence-corrected chi connectivity index (χ0v) is 11.0. The average molecular weight is 248 g/mol. The number of nitrogens with one attached hydrogen (secondary N) is 1. The molecule has 1 fully saturated rings. The first-order chi connectivity index (χ1) is 8.63. The predicted molar refractivity (Wildman–Crippen MR) is 71.3 cm³/mol. The van der Waals surface area contributed by atoms with Gasteiger partial charge in [0.25, 0.3) is 0 Å². The fourth-order valence-corrected chi connectivity index (χ4v) is 2.21. The van der Waals surface area contributed by atoms with Gasteiger partial charge in [0.05, 0.1) is 12.2 Å². The van der Waals surface area contributed by atoms with Gasteiger partial charge in [-0.3, -0.25) is 5.01 Å².